The Morgan fingerprint density at radius 2 is 1.88 bits per heavy atom. The van der Waals surface area contributed by atoms with Gasteiger partial charge in [0.2, 0.25) is 5.91 Å². The molecule has 2 N–H and O–H groups in total. The fourth-order valence-electron chi connectivity index (χ4n) is 3.20. The van der Waals surface area contributed by atoms with Gasteiger partial charge in [0.05, 0.1) is 5.56 Å². The molecule has 1 aliphatic carbocycles. The van der Waals surface area contributed by atoms with E-state index in [-0.39, 0.29) is 11.5 Å². The van der Waals surface area contributed by atoms with Crippen LogP contribution in [0.1, 0.15) is 59.5 Å². The molecule has 1 aliphatic rings. The summed E-state index contributed by atoms with van der Waals surface area (Å²) in [5.41, 5.74) is 1.91. The molecule has 0 saturated carbocycles. The van der Waals surface area contributed by atoms with E-state index in [1.54, 1.807) is 0 Å². The number of carbonyl (C=O) groups excluding carboxylic acids is 1. The summed E-state index contributed by atoms with van der Waals surface area (Å²) in [6, 6.07) is 10.3. The first kappa shape index (κ1) is 17.7. The maximum absolute atomic E-state index is 12.3. The molecule has 1 atom stereocenters. The fourth-order valence-corrected chi connectivity index (χ4v) is 4.52. The van der Waals surface area contributed by atoms with Crippen molar-refractivity contribution in [1.29, 1.82) is 0 Å². The molecule has 1 unspecified atom stereocenters. The summed E-state index contributed by atoms with van der Waals surface area (Å²) in [7, 11) is 0. The molecule has 0 spiro atoms. The van der Waals surface area contributed by atoms with Crippen LogP contribution < -0.4 is 5.32 Å². The smallest absolute Gasteiger partial charge is 0.339 e. The van der Waals surface area contributed by atoms with Gasteiger partial charge in [-0.15, -0.1) is 11.3 Å². The van der Waals surface area contributed by atoms with Gasteiger partial charge >= 0.3 is 5.97 Å². The van der Waals surface area contributed by atoms with Crippen molar-refractivity contribution in [3.63, 3.8) is 0 Å². The number of aromatic carboxylic acids is 1. The minimum atomic E-state index is -0.958. The van der Waals surface area contributed by atoms with E-state index in [1.807, 2.05) is 39.0 Å². The quantitative estimate of drug-likeness (QED) is 0.836. The van der Waals surface area contributed by atoms with E-state index in [0.29, 0.717) is 10.9 Å². The maximum atomic E-state index is 12.3. The molecule has 0 fully saturated rings. The van der Waals surface area contributed by atoms with Crippen molar-refractivity contribution in [2.75, 3.05) is 5.32 Å². The second-order valence-corrected chi connectivity index (χ2v) is 8.67. The lowest BCUT2D eigenvalue weighted by molar-refractivity contribution is -0.123. The predicted octanol–water partition coefficient (Wildman–Crippen LogP) is 4.70. The zero-order valence-electron chi connectivity index (χ0n) is 14.8. The number of benzene rings is 1. The molecule has 1 aromatic carbocycles. The van der Waals surface area contributed by atoms with E-state index in [1.165, 1.54) is 16.9 Å². The number of carboxylic acid groups (broad SMARTS) is 1. The van der Waals surface area contributed by atoms with Gasteiger partial charge in [-0.05, 0) is 36.3 Å². The highest BCUT2D eigenvalue weighted by molar-refractivity contribution is 7.17. The number of carbonyl (C=O) groups is 2. The summed E-state index contributed by atoms with van der Waals surface area (Å²) in [6.07, 6.45) is 2.49. The Morgan fingerprint density at radius 3 is 2.48 bits per heavy atom. The topological polar surface area (TPSA) is 66.4 Å². The van der Waals surface area contributed by atoms with Crippen molar-refractivity contribution >= 4 is 28.2 Å². The lowest BCUT2D eigenvalue weighted by Gasteiger charge is -2.22. The molecule has 0 aliphatic heterocycles. The number of hydrogen-bond donors (Lipinski definition) is 2. The molecule has 0 bridgehead atoms. The molecule has 1 amide bonds. The molecule has 1 heterocycles. The van der Waals surface area contributed by atoms with E-state index in [9.17, 15) is 14.7 Å². The average molecular weight is 357 g/mol. The number of carboxylic acids is 1. The Kier molecular flexibility index (Phi) is 4.69. The van der Waals surface area contributed by atoms with E-state index in [4.69, 9.17) is 0 Å². The first-order chi connectivity index (χ1) is 11.8. The Labute approximate surface area is 151 Å². The normalized spacial score (nSPS) is 17.0. The van der Waals surface area contributed by atoms with Crippen LogP contribution in [-0.2, 0) is 17.6 Å². The molecular weight excluding hydrogens is 334 g/mol. The molecule has 1 aromatic heterocycles. The standard InChI is InChI=1S/C20H23NO3S/c1-20(2,3)19(24)21-17-16(18(22)23)14-10-9-13(11-15(14)25-17)12-7-5-4-6-8-12/h4-8,13H,9-11H2,1-3H3,(H,21,24)(H,22,23). The third-order valence-electron chi connectivity index (χ3n) is 4.66. The van der Waals surface area contributed by atoms with Gasteiger partial charge in [-0.3, -0.25) is 4.79 Å². The zero-order valence-corrected chi connectivity index (χ0v) is 15.6. The van der Waals surface area contributed by atoms with Gasteiger partial charge in [-0.25, -0.2) is 4.79 Å². The van der Waals surface area contributed by atoms with Crippen molar-refractivity contribution in [3.05, 3.63) is 51.9 Å². The largest absolute Gasteiger partial charge is 0.478 e. The number of anilines is 1. The monoisotopic (exact) mass is 357 g/mol. The SMILES string of the molecule is CC(C)(C)C(=O)Nc1sc2c(c1C(=O)O)CCC(c1ccccc1)C2. The van der Waals surface area contributed by atoms with Gasteiger partial charge in [0.15, 0.2) is 0 Å². The van der Waals surface area contributed by atoms with Crippen LogP contribution in [0.3, 0.4) is 0 Å². The van der Waals surface area contributed by atoms with E-state index >= 15 is 0 Å². The summed E-state index contributed by atoms with van der Waals surface area (Å²) in [4.78, 5) is 25.2. The second-order valence-electron chi connectivity index (χ2n) is 7.57. The fraction of sp³-hybridized carbons (Fsp3) is 0.400. The second kappa shape index (κ2) is 6.64. The Morgan fingerprint density at radius 1 is 1.20 bits per heavy atom. The zero-order chi connectivity index (χ0) is 18.2. The molecule has 2 aromatic rings. The number of hydrogen-bond acceptors (Lipinski definition) is 3. The first-order valence-electron chi connectivity index (χ1n) is 8.51. The van der Waals surface area contributed by atoms with Crippen molar-refractivity contribution in [3.8, 4) is 0 Å². The highest BCUT2D eigenvalue weighted by Gasteiger charge is 2.31. The van der Waals surface area contributed by atoms with Crippen molar-refractivity contribution in [2.24, 2.45) is 5.41 Å². The van der Waals surface area contributed by atoms with Crippen LogP contribution in [0, 0.1) is 5.41 Å². The number of thiophene rings is 1. The molecular formula is C20H23NO3S. The van der Waals surface area contributed by atoms with Gasteiger partial charge in [0.1, 0.15) is 5.00 Å². The van der Waals surface area contributed by atoms with Gasteiger partial charge < -0.3 is 10.4 Å². The van der Waals surface area contributed by atoms with Crippen LogP contribution in [0.15, 0.2) is 30.3 Å². The highest BCUT2D eigenvalue weighted by atomic mass is 32.1. The third kappa shape index (κ3) is 3.61. The van der Waals surface area contributed by atoms with Gasteiger partial charge in [-0.2, -0.15) is 0 Å². The maximum Gasteiger partial charge on any atom is 0.339 e. The van der Waals surface area contributed by atoms with Gasteiger partial charge in [0, 0.05) is 10.3 Å². The van der Waals surface area contributed by atoms with Crippen molar-refractivity contribution in [2.45, 2.75) is 46.0 Å². The van der Waals surface area contributed by atoms with Crippen LogP contribution in [0.25, 0.3) is 0 Å². The average Bonchev–Trinajstić information content (AvgIpc) is 2.91. The number of rotatable bonds is 3. The number of nitrogens with one attached hydrogen (secondary N) is 1. The Balaban J connectivity index is 1.92. The van der Waals surface area contributed by atoms with Crippen molar-refractivity contribution in [1.82, 2.24) is 0 Å². The minimum Gasteiger partial charge on any atom is -0.478 e. The van der Waals surface area contributed by atoms with Crippen LogP contribution >= 0.6 is 11.3 Å². The summed E-state index contributed by atoms with van der Waals surface area (Å²) >= 11 is 1.42. The van der Waals surface area contributed by atoms with E-state index in [2.05, 4.69) is 17.4 Å². The van der Waals surface area contributed by atoms with Crippen LogP contribution in [0.2, 0.25) is 0 Å². The van der Waals surface area contributed by atoms with Crippen LogP contribution in [0.4, 0.5) is 5.00 Å². The summed E-state index contributed by atoms with van der Waals surface area (Å²) in [5, 5.41) is 13.0. The summed E-state index contributed by atoms with van der Waals surface area (Å²) in [6.45, 7) is 5.46. The van der Waals surface area contributed by atoms with Crippen molar-refractivity contribution < 1.29 is 14.7 Å². The molecule has 0 radical (unpaired) electrons. The minimum absolute atomic E-state index is 0.159. The van der Waals surface area contributed by atoms with Crippen LogP contribution in [0.5, 0.6) is 0 Å². The molecule has 5 heteroatoms. The molecule has 3 rings (SSSR count). The molecule has 132 valence electrons. The molecule has 4 nitrogen and oxygen atoms in total. The third-order valence-corrected chi connectivity index (χ3v) is 5.83. The Bertz CT molecular complexity index is 802. The lowest BCUT2D eigenvalue weighted by atomic mass is 9.83. The highest BCUT2D eigenvalue weighted by Crippen LogP contribution is 2.42. The molecule has 0 saturated heterocycles. The van der Waals surface area contributed by atoms with E-state index in [0.717, 1.165) is 29.7 Å². The Hall–Kier alpha value is -2.14. The molecule has 25 heavy (non-hydrogen) atoms. The predicted molar refractivity (Wildman–Crippen MR) is 101 cm³/mol. The van der Waals surface area contributed by atoms with Crippen LogP contribution in [-0.4, -0.2) is 17.0 Å². The first-order valence-corrected chi connectivity index (χ1v) is 9.33. The number of fused-ring (bicyclic) bond motifs is 1. The lowest BCUT2D eigenvalue weighted by Crippen LogP contribution is -2.28. The van der Waals surface area contributed by atoms with Gasteiger partial charge in [-0.1, -0.05) is 51.1 Å². The summed E-state index contributed by atoms with van der Waals surface area (Å²) < 4.78 is 0. The van der Waals surface area contributed by atoms with Gasteiger partial charge in [0.25, 0.3) is 0 Å². The number of amides is 1. The van der Waals surface area contributed by atoms with E-state index < -0.39 is 11.4 Å². The summed E-state index contributed by atoms with van der Waals surface area (Å²) in [5.74, 6) is -0.715.